The van der Waals surface area contributed by atoms with Crippen LogP contribution in [0.25, 0.3) is 0 Å². The first kappa shape index (κ1) is 20.3. The summed E-state index contributed by atoms with van der Waals surface area (Å²) in [6, 6.07) is 7.76. The lowest BCUT2D eigenvalue weighted by molar-refractivity contribution is 0.238. The maximum absolute atomic E-state index is 9.01. The average Bonchev–Trinajstić information content (AvgIpc) is 2.53. The third kappa shape index (κ3) is 5.97. The van der Waals surface area contributed by atoms with Gasteiger partial charge in [-0.15, -0.1) is 24.0 Å². The predicted molar refractivity (Wildman–Crippen MR) is 98.0 cm³/mol. The molecular formula is C15H23IN4O2. The van der Waals surface area contributed by atoms with Crippen LogP contribution in [0.4, 0.5) is 0 Å². The molecule has 0 aliphatic carbocycles. The van der Waals surface area contributed by atoms with E-state index >= 15 is 0 Å². The quantitative estimate of drug-likeness (QED) is 0.421. The lowest BCUT2D eigenvalue weighted by Crippen LogP contribution is -2.34. The summed E-state index contributed by atoms with van der Waals surface area (Å²) in [7, 11) is 5.09. The standard InChI is InChI=1S/C15H22N4O2.HI/c1-5-12(9-16)21-14-8-11(6-7-13(14)20-4)10-19-15(17-2)18-3;/h6-8,12H,5,10H2,1-4H3,(H2,17,18,19);1H. The highest BCUT2D eigenvalue weighted by Gasteiger charge is 2.12. The molecular weight excluding hydrogens is 395 g/mol. The van der Waals surface area contributed by atoms with Crippen LogP contribution in [0.15, 0.2) is 23.2 Å². The van der Waals surface area contributed by atoms with Gasteiger partial charge in [0.1, 0.15) is 6.07 Å². The van der Waals surface area contributed by atoms with E-state index in [0.717, 1.165) is 5.56 Å². The molecule has 0 aliphatic rings. The van der Waals surface area contributed by atoms with E-state index in [9.17, 15) is 0 Å². The third-order valence-electron chi connectivity index (χ3n) is 2.93. The summed E-state index contributed by atoms with van der Waals surface area (Å²) in [4.78, 5) is 4.05. The van der Waals surface area contributed by atoms with E-state index in [1.165, 1.54) is 0 Å². The first-order chi connectivity index (χ1) is 10.2. The van der Waals surface area contributed by atoms with Crippen molar-refractivity contribution in [1.82, 2.24) is 10.6 Å². The van der Waals surface area contributed by atoms with Crippen molar-refractivity contribution in [1.29, 1.82) is 5.26 Å². The lowest BCUT2D eigenvalue weighted by Gasteiger charge is -2.15. The van der Waals surface area contributed by atoms with E-state index in [0.29, 0.717) is 30.4 Å². The number of hydrogen-bond acceptors (Lipinski definition) is 4. The fourth-order valence-corrected chi connectivity index (χ4v) is 1.74. The highest BCUT2D eigenvalue weighted by atomic mass is 127. The van der Waals surface area contributed by atoms with Gasteiger partial charge in [-0.05, 0) is 24.1 Å². The lowest BCUT2D eigenvalue weighted by atomic mass is 10.2. The molecule has 0 radical (unpaired) electrons. The molecule has 6 nitrogen and oxygen atoms in total. The number of rotatable bonds is 6. The Morgan fingerprint density at radius 1 is 1.41 bits per heavy atom. The fraction of sp³-hybridized carbons (Fsp3) is 0.467. The normalized spacial score (nSPS) is 11.7. The SMILES string of the molecule is CCC(C#N)Oc1cc(CNC(=NC)NC)ccc1OC.I. The van der Waals surface area contributed by atoms with Crippen molar-refractivity contribution in [2.75, 3.05) is 21.2 Å². The molecule has 0 saturated carbocycles. The molecule has 0 spiro atoms. The number of guanidine groups is 1. The Bertz CT molecular complexity index is 529. The van der Waals surface area contributed by atoms with Crippen molar-refractivity contribution in [3.8, 4) is 17.6 Å². The van der Waals surface area contributed by atoms with E-state index in [-0.39, 0.29) is 24.0 Å². The van der Waals surface area contributed by atoms with Gasteiger partial charge in [-0.25, -0.2) is 0 Å². The molecule has 1 rings (SSSR count). The van der Waals surface area contributed by atoms with Crippen LogP contribution < -0.4 is 20.1 Å². The van der Waals surface area contributed by atoms with Crippen LogP contribution >= 0.6 is 24.0 Å². The molecule has 7 heteroatoms. The number of aliphatic imine (C=N–C) groups is 1. The van der Waals surface area contributed by atoms with Crippen LogP contribution in [0.3, 0.4) is 0 Å². The number of nitrogens with one attached hydrogen (secondary N) is 2. The van der Waals surface area contributed by atoms with Gasteiger partial charge in [0.2, 0.25) is 0 Å². The summed E-state index contributed by atoms with van der Waals surface area (Å²) in [6.45, 7) is 2.50. The number of nitrogens with zero attached hydrogens (tertiary/aromatic N) is 2. The Balaban J connectivity index is 0.00000441. The van der Waals surface area contributed by atoms with Crippen LogP contribution in [-0.2, 0) is 6.54 Å². The van der Waals surface area contributed by atoms with Gasteiger partial charge in [-0.2, -0.15) is 5.26 Å². The van der Waals surface area contributed by atoms with Crippen molar-refractivity contribution in [2.45, 2.75) is 26.0 Å². The number of methoxy groups -OCH3 is 1. The number of benzene rings is 1. The van der Waals surface area contributed by atoms with Crippen LogP contribution in [-0.4, -0.2) is 33.3 Å². The number of halogens is 1. The largest absolute Gasteiger partial charge is 0.493 e. The van der Waals surface area contributed by atoms with E-state index in [2.05, 4.69) is 21.7 Å². The van der Waals surface area contributed by atoms with Crippen LogP contribution in [0.1, 0.15) is 18.9 Å². The summed E-state index contributed by atoms with van der Waals surface area (Å²) in [5.74, 6) is 1.90. The van der Waals surface area contributed by atoms with Crippen LogP contribution in [0.5, 0.6) is 11.5 Å². The zero-order chi connectivity index (χ0) is 15.7. The molecule has 1 aromatic carbocycles. The monoisotopic (exact) mass is 418 g/mol. The predicted octanol–water partition coefficient (Wildman–Crippen LogP) is 2.29. The van der Waals surface area contributed by atoms with E-state index in [4.69, 9.17) is 14.7 Å². The molecule has 122 valence electrons. The maximum atomic E-state index is 9.01. The summed E-state index contributed by atoms with van der Waals surface area (Å²) in [6.07, 6.45) is 0.140. The molecule has 1 unspecified atom stereocenters. The minimum atomic E-state index is -0.479. The Morgan fingerprint density at radius 2 is 2.14 bits per heavy atom. The Morgan fingerprint density at radius 3 is 2.64 bits per heavy atom. The van der Waals surface area contributed by atoms with E-state index < -0.39 is 6.10 Å². The Hall–Kier alpha value is -1.69. The van der Waals surface area contributed by atoms with Gasteiger partial charge in [-0.1, -0.05) is 13.0 Å². The van der Waals surface area contributed by atoms with Crippen LogP contribution in [0.2, 0.25) is 0 Å². The molecule has 0 aliphatic heterocycles. The van der Waals surface area contributed by atoms with Crippen molar-refractivity contribution in [3.05, 3.63) is 23.8 Å². The van der Waals surface area contributed by atoms with Crippen molar-refractivity contribution in [3.63, 3.8) is 0 Å². The molecule has 1 atom stereocenters. The van der Waals surface area contributed by atoms with Crippen LogP contribution in [0, 0.1) is 11.3 Å². The zero-order valence-electron chi connectivity index (χ0n) is 13.3. The van der Waals surface area contributed by atoms with Gasteiger partial charge in [0.15, 0.2) is 23.6 Å². The topological polar surface area (TPSA) is 78.7 Å². The van der Waals surface area contributed by atoms with Gasteiger partial charge in [-0.3, -0.25) is 4.99 Å². The summed E-state index contributed by atoms with van der Waals surface area (Å²) in [5.41, 5.74) is 1.01. The summed E-state index contributed by atoms with van der Waals surface area (Å²) in [5, 5.41) is 15.1. The summed E-state index contributed by atoms with van der Waals surface area (Å²) < 4.78 is 10.9. The second-order valence-electron chi connectivity index (χ2n) is 4.30. The van der Waals surface area contributed by atoms with Gasteiger partial charge in [0.25, 0.3) is 0 Å². The molecule has 2 N–H and O–H groups in total. The van der Waals surface area contributed by atoms with Crippen molar-refractivity contribution in [2.24, 2.45) is 4.99 Å². The van der Waals surface area contributed by atoms with Crippen molar-refractivity contribution < 1.29 is 9.47 Å². The average molecular weight is 418 g/mol. The van der Waals surface area contributed by atoms with Gasteiger partial charge < -0.3 is 20.1 Å². The minimum Gasteiger partial charge on any atom is -0.493 e. The molecule has 0 heterocycles. The fourth-order valence-electron chi connectivity index (χ4n) is 1.74. The smallest absolute Gasteiger partial charge is 0.190 e. The Labute approximate surface area is 148 Å². The highest BCUT2D eigenvalue weighted by Crippen LogP contribution is 2.29. The third-order valence-corrected chi connectivity index (χ3v) is 2.93. The van der Waals surface area contributed by atoms with Crippen molar-refractivity contribution >= 4 is 29.9 Å². The zero-order valence-corrected chi connectivity index (χ0v) is 15.7. The number of hydrogen-bond donors (Lipinski definition) is 2. The number of ether oxygens (including phenoxy) is 2. The molecule has 0 amide bonds. The maximum Gasteiger partial charge on any atom is 0.190 e. The first-order valence-corrected chi connectivity index (χ1v) is 6.80. The second kappa shape index (κ2) is 11.0. The minimum absolute atomic E-state index is 0. The van der Waals surface area contributed by atoms with Gasteiger partial charge in [0, 0.05) is 20.6 Å². The highest BCUT2D eigenvalue weighted by molar-refractivity contribution is 14.0. The molecule has 22 heavy (non-hydrogen) atoms. The first-order valence-electron chi connectivity index (χ1n) is 6.80. The molecule has 0 saturated heterocycles. The van der Waals surface area contributed by atoms with Gasteiger partial charge in [0.05, 0.1) is 7.11 Å². The molecule has 1 aromatic rings. The van der Waals surface area contributed by atoms with E-state index in [1.807, 2.05) is 25.1 Å². The van der Waals surface area contributed by atoms with E-state index in [1.54, 1.807) is 21.2 Å². The molecule has 0 bridgehead atoms. The second-order valence-corrected chi connectivity index (χ2v) is 4.30. The summed E-state index contributed by atoms with van der Waals surface area (Å²) >= 11 is 0. The number of nitriles is 1. The molecule has 0 aromatic heterocycles. The Kier molecular flexibility index (Phi) is 10.1. The molecule has 0 fully saturated rings. The van der Waals surface area contributed by atoms with Gasteiger partial charge >= 0.3 is 0 Å².